The first-order valence-corrected chi connectivity index (χ1v) is 9.01. The number of aromatic nitrogens is 4. The summed E-state index contributed by atoms with van der Waals surface area (Å²) in [6, 6.07) is 1.77. The zero-order valence-electron chi connectivity index (χ0n) is 14.2. The summed E-state index contributed by atoms with van der Waals surface area (Å²) in [4.78, 5) is 22.0. The SMILES string of the molecule is O=c1cc2c(nn1CC1CCN(c3ncncc3F)CC1)CCCC2. The molecular weight excluding hydrogens is 321 g/mol. The summed E-state index contributed by atoms with van der Waals surface area (Å²) in [6.45, 7) is 2.11. The van der Waals surface area contributed by atoms with Crippen LogP contribution in [-0.2, 0) is 19.4 Å². The minimum atomic E-state index is -0.381. The van der Waals surface area contributed by atoms with Gasteiger partial charge in [-0.1, -0.05) is 0 Å². The quantitative estimate of drug-likeness (QED) is 0.852. The van der Waals surface area contributed by atoms with Gasteiger partial charge in [0.2, 0.25) is 0 Å². The van der Waals surface area contributed by atoms with Gasteiger partial charge in [0.05, 0.1) is 11.9 Å². The van der Waals surface area contributed by atoms with Crippen molar-refractivity contribution in [1.29, 1.82) is 0 Å². The fourth-order valence-corrected chi connectivity index (χ4v) is 3.84. The average Bonchev–Trinajstić information content (AvgIpc) is 2.63. The van der Waals surface area contributed by atoms with Gasteiger partial charge in [0.1, 0.15) is 6.33 Å². The predicted molar refractivity (Wildman–Crippen MR) is 92.1 cm³/mol. The van der Waals surface area contributed by atoms with E-state index in [0.29, 0.717) is 18.3 Å². The average molecular weight is 343 g/mol. The molecule has 132 valence electrons. The van der Waals surface area contributed by atoms with E-state index < -0.39 is 0 Å². The van der Waals surface area contributed by atoms with E-state index in [1.807, 2.05) is 4.90 Å². The Morgan fingerprint density at radius 1 is 1.20 bits per heavy atom. The van der Waals surface area contributed by atoms with Gasteiger partial charge in [-0.2, -0.15) is 5.10 Å². The van der Waals surface area contributed by atoms with Crippen LogP contribution in [0, 0.1) is 11.7 Å². The standard InChI is InChI=1S/C18H22FN5O/c19-15-10-20-12-21-18(15)23-7-5-13(6-8-23)11-24-17(25)9-14-3-1-2-4-16(14)22-24/h9-10,12-13H,1-8,11H2. The molecule has 0 spiro atoms. The summed E-state index contributed by atoms with van der Waals surface area (Å²) >= 11 is 0. The zero-order valence-corrected chi connectivity index (χ0v) is 14.2. The summed E-state index contributed by atoms with van der Waals surface area (Å²) in [5.74, 6) is 0.374. The first kappa shape index (κ1) is 16.2. The second kappa shape index (κ2) is 6.90. The van der Waals surface area contributed by atoms with E-state index in [1.165, 1.54) is 12.5 Å². The van der Waals surface area contributed by atoms with Crippen LogP contribution in [0.4, 0.5) is 10.2 Å². The van der Waals surface area contributed by atoms with Gasteiger partial charge in [-0.3, -0.25) is 4.79 Å². The lowest BCUT2D eigenvalue weighted by Crippen LogP contribution is -2.38. The highest BCUT2D eigenvalue weighted by atomic mass is 19.1. The molecule has 0 aromatic carbocycles. The van der Waals surface area contributed by atoms with Gasteiger partial charge in [-0.05, 0) is 50.0 Å². The lowest BCUT2D eigenvalue weighted by Gasteiger charge is -2.32. The van der Waals surface area contributed by atoms with Gasteiger partial charge in [0.25, 0.3) is 5.56 Å². The topological polar surface area (TPSA) is 63.9 Å². The molecule has 0 N–H and O–H groups in total. The molecule has 2 aliphatic rings. The van der Waals surface area contributed by atoms with Gasteiger partial charge in [0.15, 0.2) is 11.6 Å². The second-order valence-corrected chi connectivity index (χ2v) is 6.97. The van der Waals surface area contributed by atoms with Crippen LogP contribution in [0.1, 0.15) is 36.9 Å². The molecule has 0 saturated carbocycles. The van der Waals surface area contributed by atoms with E-state index in [-0.39, 0.29) is 11.4 Å². The zero-order chi connectivity index (χ0) is 17.2. The molecule has 0 radical (unpaired) electrons. The molecule has 3 heterocycles. The predicted octanol–water partition coefficient (Wildman–Crippen LogP) is 1.97. The normalized spacial score (nSPS) is 18.2. The van der Waals surface area contributed by atoms with Crippen molar-refractivity contribution in [3.8, 4) is 0 Å². The van der Waals surface area contributed by atoms with Crippen molar-refractivity contribution in [3.05, 3.63) is 46.0 Å². The van der Waals surface area contributed by atoms with E-state index in [4.69, 9.17) is 0 Å². The van der Waals surface area contributed by atoms with Crippen LogP contribution in [0.5, 0.6) is 0 Å². The smallest absolute Gasteiger partial charge is 0.267 e. The largest absolute Gasteiger partial charge is 0.354 e. The van der Waals surface area contributed by atoms with E-state index in [9.17, 15) is 9.18 Å². The third-order valence-corrected chi connectivity index (χ3v) is 5.27. The van der Waals surface area contributed by atoms with Crippen molar-refractivity contribution < 1.29 is 4.39 Å². The number of piperidine rings is 1. The maximum atomic E-state index is 13.8. The van der Waals surface area contributed by atoms with E-state index >= 15 is 0 Å². The fourth-order valence-electron chi connectivity index (χ4n) is 3.84. The Morgan fingerprint density at radius 2 is 2.00 bits per heavy atom. The van der Waals surface area contributed by atoms with E-state index in [2.05, 4.69) is 15.1 Å². The van der Waals surface area contributed by atoms with Crippen LogP contribution in [0.15, 0.2) is 23.4 Å². The van der Waals surface area contributed by atoms with Crippen LogP contribution >= 0.6 is 0 Å². The number of aryl methyl sites for hydroxylation is 2. The number of hydrogen-bond donors (Lipinski definition) is 0. The molecule has 0 amide bonds. The van der Waals surface area contributed by atoms with Gasteiger partial charge >= 0.3 is 0 Å². The molecule has 0 atom stereocenters. The molecular formula is C18H22FN5O. The summed E-state index contributed by atoms with van der Waals surface area (Å²) in [5.41, 5.74) is 2.22. The first-order chi connectivity index (χ1) is 12.2. The Balaban J connectivity index is 1.42. The Labute approximate surface area is 145 Å². The molecule has 0 unspecified atom stereocenters. The number of anilines is 1. The Hall–Kier alpha value is -2.31. The Bertz CT molecular complexity index is 813. The summed E-state index contributed by atoms with van der Waals surface area (Å²) in [7, 11) is 0. The minimum absolute atomic E-state index is 0.00456. The Kier molecular flexibility index (Phi) is 4.46. The molecule has 1 aliphatic carbocycles. The number of rotatable bonds is 3. The second-order valence-electron chi connectivity index (χ2n) is 6.97. The molecule has 1 fully saturated rings. The molecule has 4 rings (SSSR count). The van der Waals surface area contributed by atoms with Gasteiger partial charge in [-0.15, -0.1) is 0 Å². The maximum Gasteiger partial charge on any atom is 0.267 e. The Morgan fingerprint density at radius 3 is 2.80 bits per heavy atom. The van der Waals surface area contributed by atoms with Gasteiger partial charge in [0, 0.05) is 25.7 Å². The van der Waals surface area contributed by atoms with Gasteiger partial charge < -0.3 is 4.90 Å². The van der Waals surface area contributed by atoms with E-state index in [0.717, 1.165) is 62.9 Å². The minimum Gasteiger partial charge on any atom is -0.354 e. The molecule has 1 saturated heterocycles. The molecule has 6 nitrogen and oxygen atoms in total. The van der Waals surface area contributed by atoms with E-state index in [1.54, 1.807) is 10.7 Å². The molecule has 25 heavy (non-hydrogen) atoms. The van der Waals surface area contributed by atoms with Crippen LogP contribution in [-0.4, -0.2) is 32.8 Å². The summed E-state index contributed by atoms with van der Waals surface area (Å²) in [6.07, 6.45) is 8.62. The van der Waals surface area contributed by atoms with Crippen molar-refractivity contribution in [3.63, 3.8) is 0 Å². The van der Waals surface area contributed by atoms with Crippen molar-refractivity contribution in [2.24, 2.45) is 5.92 Å². The molecule has 1 aliphatic heterocycles. The molecule has 7 heteroatoms. The number of nitrogens with zero attached hydrogens (tertiary/aromatic N) is 5. The van der Waals surface area contributed by atoms with Gasteiger partial charge in [-0.25, -0.2) is 19.0 Å². The first-order valence-electron chi connectivity index (χ1n) is 9.01. The molecule has 2 aromatic rings. The van der Waals surface area contributed by atoms with Crippen molar-refractivity contribution in [1.82, 2.24) is 19.7 Å². The van der Waals surface area contributed by atoms with Crippen molar-refractivity contribution >= 4 is 5.82 Å². The highest BCUT2D eigenvalue weighted by molar-refractivity contribution is 5.38. The monoisotopic (exact) mass is 343 g/mol. The highest BCUT2D eigenvalue weighted by Gasteiger charge is 2.23. The maximum absolute atomic E-state index is 13.8. The third-order valence-electron chi connectivity index (χ3n) is 5.27. The van der Waals surface area contributed by atoms with Crippen LogP contribution < -0.4 is 10.5 Å². The lowest BCUT2D eigenvalue weighted by atomic mass is 9.96. The number of halogens is 1. The molecule has 0 bridgehead atoms. The lowest BCUT2D eigenvalue weighted by molar-refractivity contribution is 0.330. The highest BCUT2D eigenvalue weighted by Crippen LogP contribution is 2.24. The third kappa shape index (κ3) is 3.41. The number of fused-ring (bicyclic) bond motifs is 1. The van der Waals surface area contributed by atoms with Crippen LogP contribution in [0.2, 0.25) is 0 Å². The van der Waals surface area contributed by atoms with Crippen LogP contribution in [0.3, 0.4) is 0 Å². The molecule has 2 aromatic heterocycles. The summed E-state index contributed by atoms with van der Waals surface area (Å²) in [5, 5.41) is 4.61. The summed E-state index contributed by atoms with van der Waals surface area (Å²) < 4.78 is 15.4. The van der Waals surface area contributed by atoms with Crippen LogP contribution in [0.25, 0.3) is 0 Å². The van der Waals surface area contributed by atoms with Crippen molar-refractivity contribution in [2.45, 2.75) is 45.1 Å². The van der Waals surface area contributed by atoms with Crippen molar-refractivity contribution in [2.75, 3.05) is 18.0 Å². The number of hydrogen-bond acceptors (Lipinski definition) is 5. The fraction of sp³-hybridized carbons (Fsp3) is 0.556.